The lowest BCUT2D eigenvalue weighted by Crippen LogP contribution is -2.11. The summed E-state index contributed by atoms with van der Waals surface area (Å²) in [5, 5.41) is 9.50. The lowest BCUT2D eigenvalue weighted by molar-refractivity contribution is 0.477. The summed E-state index contributed by atoms with van der Waals surface area (Å²) in [4.78, 5) is 0.919. The number of hydrogen-bond donors (Lipinski definition) is 2. The van der Waals surface area contributed by atoms with Gasteiger partial charge in [0, 0.05) is 4.88 Å². The normalized spacial score (nSPS) is 11.4. The number of benzene rings is 1. The van der Waals surface area contributed by atoms with Crippen LogP contribution >= 0.6 is 11.3 Å². The molecule has 0 fully saturated rings. The van der Waals surface area contributed by atoms with Crippen molar-refractivity contribution in [2.75, 3.05) is 4.72 Å². The van der Waals surface area contributed by atoms with Crippen LogP contribution < -0.4 is 4.72 Å². The minimum absolute atomic E-state index is 0.0932. The van der Waals surface area contributed by atoms with Crippen LogP contribution in [0.1, 0.15) is 4.88 Å². The highest BCUT2D eigenvalue weighted by molar-refractivity contribution is 7.94. The molecular formula is C11H11NO3S2. The van der Waals surface area contributed by atoms with Crippen LogP contribution in [0, 0.1) is 6.92 Å². The van der Waals surface area contributed by atoms with Crippen LogP contribution in [-0.4, -0.2) is 13.5 Å². The second-order valence-electron chi connectivity index (χ2n) is 3.49. The van der Waals surface area contributed by atoms with Crippen molar-refractivity contribution >= 4 is 27.0 Å². The summed E-state index contributed by atoms with van der Waals surface area (Å²) in [5.41, 5.74) is 0.179. The SMILES string of the molecule is Cc1ccc(S(=O)(=O)Nc2ccccc2O)s1. The lowest BCUT2D eigenvalue weighted by atomic mass is 10.3. The van der Waals surface area contributed by atoms with E-state index in [-0.39, 0.29) is 15.6 Å². The lowest BCUT2D eigenvalue weighted by Gasteiger charge is -2.07. The van der Waals surface area contributed by atoms with Gasteiger partial charge in [-0.25, -0.2) is 8.42 Å². The fourth-order valence-electron chi connectivity index (χ4n) is 1.31. The predicted molar refractivity (Wildman–Crippen MR) is 68.0 cm³/mol. The Kier molecular flexibility index (Phi) is 3.08. The molecule has 0 bridgehead atoms. The van der Waals surface area contributed by atoms with E-state index >= 15 is 0 Å². The first-order valence-electron chi connectivity index (χ1n) is 4.86. The first-order chi connectivity index (χ1) is 7.99. The second kappa shape index (κ2) is 4.38. The van der Waals surface area contributed by atoms with Crippen molar-refractivity contribution in [3.63, 3.8) is 0 Å². The fraction of sp³-hybridized carbons (Fsp3) is 0.0909. The molecule has 2 rings (SSSR count). The van der Waals surface area contributed by atoms with Crippen molar-refractivity contribution in [2.45, 2.75) is 11.1 Å². The van der Waals surface area contributed by atoms with E-state index in [0.717, 1.165) is 4.88 Å². The summed E-state index contributed by atoms with van der Waals surface area (Å²) in [5.74, 6) is -0.0932. The molecule has 0 saturated carbocycles. The number of sulfonamides is 1. The Labute approximate surface area is 104 Å². The first-order valence-corrected chi connectivity index (χ1v) is 7.16. The standard InChI is InChI=1S/C11H11NO3S2/c1-8-6-7-11(16-8)17(14,15)12-9-4-2-3-5-10(9)13/h2-7,12-13H,1H3. The van der Waals surface area contributed by atoms with E-state index in [1.54, 1.807) is 24.3 Å². The molecule has 0 aliphatic carbocycles. The zero-order chi connectivity index (χ0) is 12.5. The third-order valence-electron chi connectivity index (χ3n) is 2.13. The molecule has 90 valence electrons. The van der Waals surface area contributed by atoms with Crippen molar-refractivity contribution in [3.05, 3.63) is 41.3 Å². The molecule has 0 spiro atoms. The Balaban J connectivity index is 2.33. The zero-order valence-corrected chi connectivity index (χ0v) is 10.7. The summed E-state index contributed by atoms with van der Waals surface area (Å²) in [7, 11) is -3.61. The number of phenolic OH excluding ortho intramolecular Hbond substituents is 1. The molecule has 1 aromatic heterocycles. The number of thiophene rings is 1. The van der Waals surface area contributed by atoms with Gasteiger partial charge in [-0.2, -0.15) is 0 Å². The summed E-state index contributed by atoms with van der Waals surface area (Å²) < 4.78 is 26.5. The summed E-state index contributed by atoms with van der Waals surface area (Å²) >= 11 is 1.19. The van der Waals surface area contributed by atoms with Crippen LogP contribution in [0.15, 0.2) is 40.6 Å². The largest absolute Gasteiger partial charge is 0.506 e. The molecule has 2 N–H and O–H groups in total. The van der Waals surface area contributed by atoms with Crippen LogP contribution in [0.2, 0.25) is 0 Å². The Morgan fingerprint density at radius 1 is 1.18 bits per heavy atom. The average Bonchev–Trinajstić information content (AvgIpc) is 2.69. The number of aryl methyl sites for hydroxylation is 1. The van der Waals surface area contributed by atoms with Crippen molar-refractivity contribution in [3.8, 4) is 5.75 Å². The second-order valence-corrected chi connectivity index (χ2v) is 6.68. The molecule has 0 amide bonds. The van der Waals surface area contributed by atoms with Crippen molar-refractivity contribution in [1.29, 1.82) is 0 Å². The monoisotopic (exact) mass is 269 g/mol. The van der Waals surface area contributed by atoms with Gasteiger partial charge in [0.05, 0.1) is 5.69 Å². The van der Waals surface area contributed by atoms with E-state index < -0.39 is 10.0 Å². The number of phenols is 1. The van der Waals surface area contributed by atoms with Crippen molar-refractivity contribution in [2.24, 2.45) is 0 Å². The molecule has 0 aliphatic heterocycles. The Bertz CT molecular complexity index is 632. The average molecular weight is 269 g/mol. The van der Waals surface area contributed by atoms with Crippen molar-refractivity contribution in [1.82, 2.24) is 0 Å². The molecule has 6 heteroatoms. The molecule has 0 unspecified atom stereocenters. The van der Waals surface area contributed by atoms with Gasteiger partial charge in [0.25, 0.3) is 10.0 Å². The van der Waals surface area contributed by atoms with Crippen LogP contribution in [0.4, 0.5) is 5.69 Å². The molecule has 0 saturated heterocycles. The van der Waals surface area contributed by atoms with Crippen LogP contribution in [0.3, 0.4) is 0 Å². The van der Waals surface area contributed by atoms with Gasteiger partial charge in [0.15, 0.2) is 0 Å². The minimum Gasteiger partial charge on any atom is -0.506 e. The molecule has 17 heavy (non-hydrogen) atoms. The first kappa shape index (κ1) is 11.9. The molecule has 2 aromatic rings. The highest BCUT2D eigenvalue weighted by atomic mass is 32.2. The van der Waals surface area contributed by atoms with Gasteiger partial charge in [-0.05, 0) is 31.2 Å². The predicted octanol–water partition coefficient (Wildman–Crippen LogP) is 2.56. The van der Waals surface area contributed by atoms with Gasteiger partial charge in [-0.1, -0.05) is 12.1 Å². The van der Waals surface area contributed by atoms with Crippen LogP contribution in [0.5, 0.6) is 5.75 Å². The van der Waals surface area contributed by atoms with Gasteiger partial charge in [0.2, 0.25) is 0 Å². The van der Waals surface area contributed by atoms with Gasteiger partial charge in [-0.3, -0.25) is 4.72 Å². The molecular weight excluding hydrogens is 258 g/mol. The number of para-hydroxylation sites is 2. The molecule has 4 nitrogen and oxygen atoms in total. The number of rotatable bonds is 3. The van der Waals surface area contributed by atoms with Gasteiger partial charge >= 0.3 is 0 Å². The third kappa shape index (κ3) is 2.59. The quantitative estimate of drug-likeness (QED) is 0.842. The van der Waals surface area contributed by atoms with Gasteiger partial charge < -0.3 is 5.11 Å². The Morgan fingerprint density at radius 2 is 1.88 bits per heavy atom. The summed E-state index contributed by atoms with van der Waals surface area (Å²) in [6.07, 6.45) is 0. The summed E-state index contributed by atoms with van der Waals surface area (Å²) in [6.45, 7) is 1.84. The fourth-order valence-corrected chi connectivity index (χ4v) is 3.67. The van der Waals surface area contributed by atoms with Crippen LogP contribution in [-0.2, 0) is 10.0 Å². The zero-order valence-electron chi connectivity index (χ0n) is 9.04. The molecule has 0 aliphatic rings. The molecule has 0 radical (unpaired) electrons. The smallest absolute Gasteiger partial charge is 0.271 e. The number of hydrogen-bond acceptors (Lipinski definition) is 4. The van der Waals surface area contributed by atoms with E-state index in [4.69, 9.17) is 0 Å². The van der Waals surface area contributed by atoms with E-state index in [0.29, 0.717) is 0 Å². The topological polar surface area (TPSA) is 66.4 Å². The number of nitrogens with one attached hydrogen (secondary N) is 1. The maximum atomic E-state index is 12.0. The molecule has 1 heterocycles. The van der Waals surface area contributed by atoms with Crippen LogP contribution in [0.25, 0.3) is 0 Å². The minimum atomic E-state index is -3.61. The third-order valence-corrected chi connectivity index (χ3v) is 4.99. The van der Waals surface area contributed by atoms with E-state index in [1.165, 1.54) is 23.5 Å². The maximum absolute atomic E-state index is 12.0. The molecule has 1 aromatic carbocycles. The van der Waals surface area contributed by atoms with E-state index in [2.05, 4.69) is 4.72 Å². The van der Waals surface area contributed by atoms with E-state index in [9.17, 15) is 13.5 Å². The Hall–Kier alpha value is -1.53. The van der Waals surface area contributed by atoms with E-state index in [1.807, 2.05) is 6.92 Å². The number of anilines is 1. The molecule has 0 atom stereocenters. The van der Waals surface area contributed by atoms with Gasteiger partial charge in [0.1, 0.15) is 9.96 Å². The number of aromatic hydroxyl groups is 1. The Morgan fingerprint density at radius 3 is 2.47 bits per heavy atom. The van der Waals surface area contributed by atoms with Gasteiger partial charge in [-0.15, -0.1) is 11.3 Å². The highest BCUT2D eigenvalue weighted by Gasteiger charge is 2.17. The summed E-state index contributed by atoms with van der Waals surface area (Å²) in [6, 6.07) is 9.50. The van der Waals surface area contributed by atoms with Crippen molar-refractivity contribution < 1.29 is 13.5 Å². The highest BCUT2D eigenvalue weighted by Crippen LogP contribution is 2.27. The maximum Gasteiger partial charge on any atom is 0.271 e.